The third-order valence-corrected chi connectivity index (χ3v) is 6.10. The minimum atomic E-state index is -0.238. The van der Waals surface area contributed by atoms with E-state index in [1.165, 1.54) is 11.3 Å². The number of aromatic nitrogens is 3. The van der Waals surface area contributed by atoms with E-state index in [1.807, 2.05) is 55.5 Å². The van der Waals surface area contributed by atoms with E-state index >= 15 is 0 Å². The molecule has 4 aromatic rings. The Kier molecular flexibility index (Phi) is 5.57. The SMILES string of the molecule is CCSc1nnc(NC(=O)c2cc(-c3ccc(Cl)cc3)nc3ccccc23)s1. The van der Waals surface area contributed by atoms with Crippen LogP contribution in [0.2, 0.25) is 5.02 Å². The Morgan fingerprint density at radius 2 is 1.93 bits per heavy atom. The van der Waals surface area contributed by atoms with E-state index in [0.29, 0.717) is 21.4 Å². The molecule has 28 heavy (non-hydrogen) atoms. The summed E-state index contributed by atoms with van der Waals surface area (Å²) in [5, 5.41) is 12.9. The van der Waals surface area contributed by atoms with Gasteiger partial charge < -0.3 is 0 Å². The molecule has 0 unspecified atom stereocenters. The smallest absolute Gasteiger partial charge is 0.258 e. The fraction of sp³-hybridized carbons (Fsp3) is 0.100. The third kappa shape index (κ3) is 4.01. The fourth-order valence-electron chi connectivity index (χ4n) is 2.74. The van der Waals surface area contributed by atoms with Gasteiger partial charge in [-0.05, 0) is 30.0 Å². The van der Waals surface area contributed by atoms with Crippen LogP contribution < -0.4 is 5.32 Å². The monoisotopic (exact) mass is 426 g/mol. The van der Waals surface area contributed by atoms with Gasteiger partial charge >= 0.3 is 0 Å². The summed E-state index contributed by atoms with van der Waals surface area (Å²) < 4.78 is 0.833. The molecule has 140 valence electrons. The van der Waals surface area contributed by atoms with E-state index in [-0.39, 0.29) is 5.91 Å². The Morgan fingerprint density at radius 3 is 2.71 bits per heavy atom. The lowest BCUT2D eigenvalue weighted by Gasteiger charge is -2.09. The molecule has 0 aliphatic heterocycles. The van der Waals surface area contributed by atoms with Crippen molar-refractivity contribution in [3.05, 3.63) is 65.2 Å². The predicted octanol–water partition coefficient (Wildman–Crippen LogP) is 5.77. The van der Waals surface area contributed by atoms with Crippen molar-refractivity contribution in [3.63, 3.8) is 0 Å². The number of benzene rings is 2. The second kappa shape index (κ2) is 8.26. The topological polar surface area (TPSA) is 67.8 Å². The highest BCUT2D eigenvalue weighted by Gasteiger charge is 2.16. The number of amides is 1. The molecule has 4 rings (SSSR count). The number of hydrogen-bond donors (Lipinski definition) is 1. The normalized spacial score (nSPS) is 10.9. The molecule has 0 spiro atoms. The van der Waals surface area contributed by atoms with Gasteiger partial charge in [-0.15, -0.1) is 10.2 Å². The van der Waals surface area contributed by atoms with Crippen LogP contribution in [-0.4, -0.2) is 26.8 Å². The number of fused-ring (bicyclic) bond motifs is 1. The number of pyridine rings is 1. The van der Waals surface area contributed by atoms with Crippen molar-refractivity contribution in [2.75, 3.05) is 11.1 Å². The highest BCUT2D eigenvalue weighted by molar-refractivity contribution is 8.01. The maximum absolute atomic E-state index is 13.0. The number of anilines is 1. The van der Waals surface area contributed by atoms with Gasteiger partial charge in [0.1, 0.15) is 0 Å². The molecule has 0 fully saturated rings. The van der Waals surface area contributed by atoms with Crippen molar-refractivity contribution < 1.29 is 4.79 Å². The molecule has 0 bridgehead atoms. The van der Waals surface area contributed by atoms with Crippen LogP contribution in [0.25, 0.3) is 22.2 Å². The zero-order valence-corrected chi connectivity index (χ0v) is 17.2. The Morgan fingerprint density at radius 1 is 1.14 bits per heavy atom. The Bertz CT molecular complexity index is 1140. The molecule has 5 nitrogen and oxygen atoms in total. The summed E-state index contributed by atoms with van der Waals surface area (Å²) in [6.45, 7) is 2.05. The van der Waals surface area contributed by atoms with Gasteiger partial charge in [0.2, 0.25) is 5.13 Å². The molecule has 1 amide bonds. The van der Waals surface area contributed by atoms with Gasteiger partial charge in [-0.2, -0.15) is 0 Å². The molecule has 0 saturated heterocycles. The molecule has 0 radical (unpaired) electrons. The van der Waals surface area contributed by atoms with E-state index < -0.39 is 0 Å². The standard InChI is InChI=1S/C20H15ClN4OS2/c1-2-27-20-25-24-19(28-20)23-18(26)15-11-17(12-7-9-13(21)10-8-12)22-16-6-4-3-5-14(15)16/h3-11H,2H2,1H3,(H,23,24,26). The largest absolute Gasteiger partial charge is 0.296 e. The molecular weight excluding hydrogens is 412 g/mol. The summed E-state index contributed by atoms with van der Waals surface area (Å²) in [6.07, 6.45) is 0. The Labute approximate surface area is 175 Å². The number of halogens is 1. The van der Waals surface area contributed by atoms with Gasteiger partial charge in [0.05, 0.1) is 16.8 Å². The van der Waals surface area contributed by atoms with Gasteiger partial charge in [0, 0.05) is 16.0 Å². The van der Waals surface area contributed by atoms with Crippen molar-refractivity contribution in [1.82, 2.24) is 15.2 Å². The molecule has 2 aromatic heterocycles. The van der Waals surface area contributed by atoms with E-state index in [0.717, 1.165) is 26.6 Å². The fourth-order valence-corrected chi connectivity index (χ4v) is 4.51. The van der Waals surface area contributed by atoms with Crippen LogP contribution >= 0.6 is 34.7 Å². The van der Waals surface area contributed by atoms with Gasteiger partial charge in [-0.1, -0.05) is 72.0 Å². The first-order chi connectivity index (χ1) is 13.6. The summed E-state index contributed by atoms with van der Waals surface area (Å²) in [5.41, 5.74) is 2.89. The average Bonchev–Trinajstić information content (AvgIpc) is 3.15. The number of nitrogens with one attached hydrogen (secondary N) is 1. The quantitative estimate of drug-likeness (QED) is 0.324. The lowest BCUT2D eigenvalue weighted by atomic mass is 10.0. The van der Waals surface area contributed by atoms with Crippen LogP contribution in [-0.2, 0) is 0 Å². The lowest BCUT2D eigenvalue weighted by Crippen LogP contribution is -2.13. The van der Waals surface area contributed by atoms with Crippen molar-refractivity contribution in [1.29, 1.82) is 0 Å². The second-order valence-corrected chi connectivity index (χ2v) is 8.76. The molecule has 0 saturated carbocycles. The summed E-state index contributed by atoms with van der Waals surface area (Å²) >= 11 is 8.95. The number of carbonyl (C=O) groups is 1. The number of para-hydroxylation sites is 1. The molecule has 8 heteroatoms. The molecule has 1 N–H and O–H groups in total. The van der Waals surface area contributed by atoms with Gasteiger partial charge in [0.25, 0.3) is 5.91 Å². The van der Waals surface area contributed by atoms with E-state index in [2.05, 4.69) is 15.5 Å². The molecule has 0 atom stereocenters. The summed E-state index contributed by atoms with van der Waals surface area (Å²) in [4.78, 5) is 17.7. The van der Waals surface area contributed by atoms with Crippen LogP contribution in [0.3, 0.4) is 0 Å². The second-order valence-electron chi connectivity index (χ2n) is 5.84. The number of nitrogens with zero attached hydrogens (tertiary/aromatic N) is 3. The van der Waals surface area contributed by atoms with Crippen LogP contribution in [0, 0.1) is 0 Å². The van der Waals surface area contributed by atoms with Gasteiger partial charge in [-0.3, -0.25) is 10.1 Å². The summed E-state index contributed by atoms with van der Waals surface area (Å²) in [5.74, 6) is 0.667. The maximum Gasteiger partial charge on any atom is 0.258 e. The van der Waals surface area contributed by atoms with Gasteiger partial charge in [-0.25, -0.2) is 4.98 Å². The minimum Gasteiger partial charge on any atom is -0.296 e. The summed E-state index contributed by atoms with van der Waals surface area (Å²) in [6, 6.07) is 16.8. The van der Waals surface area contributed by atoms with Crippen LogP contribution in [0.5, 0.6) is 0 Å². The van der Waals surface area contributed by atoms with E-state index in [1.54, 1.807) is 17.8 Å². The first-order valence-corrected chi connectivity index (χ1v) is 10.8. The summed E-state index contributed by atoms with van der Waals surface area (Å²) in [7, 11) is 0. The average molecular weight is 427 g/mol. The Balaban J connectivity index is 1.73. The zero-order valence-electron chi connectivity index (χ0n) is 14.8. The van der Waals surface area contributed by atoms with Crippen LogP contribution in [0.15, 0.2) is 58.9 Å². The first kappa shape index (κ1) is 18.9. The van der Waals surface area contributed by atoms with Crippen molar-refractivity contribution in [3.8, 4) is 11.3 Å². The van der Waals surface area contributed by atoms with Crippen LogP contribution in [0.1, 0.15) is 17.3 Å². The molecule has 2 aromatic carbocycles. The number of thioether (sulfide) groups is 1. The van der Waals surface area contributed by atoms with E-state index in [9.17, 15) is 4.79 Å². The van der Waals surface area contributed by atoms with Crippen LogP contribution in [0.4, 0.5) is 5.13 Å². The highest BCUT2D eigenvalue weighted by Crippen LogP contribution is 2.28. The van der Waals surface area contributed by atoms with Gasteiger partial charge in [0.15, 0.2) is 4.34 Å². The number of hydrogen-bond acceptors (Lipinski definition) is 6. The zero-order chi connectivity index (χ0) is 19.5. The molecule has 0 aliphatic carbocycles. The molecule has 2 heterocycles. The Hall–Kier alpha value is -2.48. The molecular formula is C20H15ClN4OS2. The number of rotatable bonds is 5. The van der Waals surface area contributed by atoms with Crippen molar-refractivity contribution in [2.24, 2.45) is 0 Å². The lowest BCUT2D eigenvalue weighted by molar-refractivity contribution is 0.102. The molecule has 0 aliphatic rings. The van der Waals surface area contributed by atoms with E-state index in [4.69, 9.17) is 16.6 Å². The first-order valence-electron chi connectivity index (χ1n) is 8.57. The third-order valence-electron chi connectivity index (χ3n) is 4.00. The minimum absolute atomic E-state index is 0.238. The predicted molar refractivity (Wildman–Crippen MR) is 116 cm³/mol. The number of carbonyl (C=O) groups excluding carboxylic acids is 1. The highest BCUT2D eigenvalue weighted by atomic mass is 35.5. The van der Waals surface area contributed by atoms with Crippen molar-refractivity contribution in [2.45, 2.75) is 11.3 Å². The van der Waals surface area contributed by atoms with Crippen molar-refractivity contribution >= 4 is 56.6 Å². The maximum atomic E-state index is 13.0.